The van der Waals surface area contributed by atoms with Crippen LogP contribution in [0.25, 0.3) is 22.2 Å². The third-order valence-electron chi connectivity index (χ3n) is 3.00. The Labute approximate surface area is 109 Å². The van der Waals surface area contributed by atoms with E-state index in [0.29, 0.717) is 27.8 Å². The minimum Gasteiger partial charge on any atom is -0.508 e. The van der Waals surface area contributed by atoms with Crippen molar-refractivity contribution in [2.45, 2.75) is 6.92 Å². The van der Waals surface area contributed by atoms with Gasteiger partial charge in [-0.25, -0.2) is 0 Å². The number of aromatic hydroxyl groups is 1. The zero-order valence-electron chi connectivity index (χ0n) is 10.3. The summed E-state index contributed by atoms with van der Waals surface area (Å²) in [6.45, 7) is 1.77. The van der Waals surface area contributed by atoms with Gasteiger partial charge in [-0.2, -0.15) is 0 Å². The third-order valence-corrected chi connectivity index (χ3v) is 3.00. The van der Waals surface area contributed by atoms with E-state index in [1.54, 1.807) is 31.3 Å². The van der Waals surface area contributed by atoms with Gasteiger partial charge in [0.05, 0.1) is 16.6 Å². The van der Waals surface area contributed by atoms with Crippen molar-refractivity contribution in [1.82, 2.24) is 4.98 Å². The molecule has 19 heavy (non-hydrogen) atoms. The highest BCUT2D eigenvalue weighted by molar-refractivity contribution is 5.85. The molecule has 4 heteroatoms. The van der Waals surface area contributed by atoms with Crippen molar-refractivity contribution in [2.24, 2.45) is 0 Å². The number of nitrogens with zero attached hydrogens (tertiary/aromatic N) is 1. The van der Waals surface area contributed by atoms with Crippen LogP contribution in [0.4, 0.5) is 0 Å². The highest BCUT2D eigenvalue weighted by Gasteiger charge is 2.12. The molecule has 0 fully saturated rings. The van der Waals surface area contributed by atoms with Crippen molar-refractivity contribution in [3.05, 3.63) is 58.6 Å². The van der Waals surface area contributed by atoms with E-state index in [-0.39, 0.29) is 11.2 Å². The molecule has 0 aliphatic carbocycles. The summed E-state index contributed by atoms with van der Waals surface area (Å²) in [4.78, 5) is 16.6. The summed E-state index contributed by atoms with van der Waals surface area (Å²) < 4.78 is 5.44. The second kappa shape index (κ2) is 4.24. The zero-order chi connectivity index (χ0) is 13.4. The van der Waals surface area contributed by atoms with Crippen LogP contribution >= 0.6 is 0 Å². The van der Waals surface area contributed by atoms with Crippen LogP contribution in [0.2, 0.25) is 0 Å². The molecule has 0 saturated heterocycles. The molecule has 0 aliphatic heterocycles. The fourth-order valence-corrected chi connectivity index (χ4v) is 2.13. The molecule has 3 aromatic rings. The van der Waals surface area contributed by atoms with E-state index < -0.39 is 0 Å². The molecule has 94 valence electrons. The van der Waals surface area contributed by atoms with Crippen molar-refractivity contribution in [1.29, 1.82) is 0 Å². The fraction of sp³-hybridized carbons (Fsp3) is 0.0667. The molecule has 0 radical (unpaired) electrons. The normalized spacial score (nSPS) is 10.8. The minimum atomic E-state index is -0.141. The van der Waals surface area contributed by atoms with Gasteiger partial charge in [-0.3, -0.25) is 9.78 Å². The molecule has 2 heterocycles. The van der Waals surface area contributed by atoms with Gasteiger partial charge in [0.15, 0.2) is 0 Å². The Balaban J connectivity index is 2.37. The first-order valence-corrected chi connectivity index (χ1v) is 5.83. The van der Waals surface area contributed by atoms with Gasteiger partial charge in [-0.1, -0.05) is 6.07 Å². The highest BCUT2D eigenvalue weighted by Crippen LogP contribution is 2.24. The zero-order valence-corrected chi connectivity index (χ0v) is 10.3. The number of aryl methyl sites for hydroxylation is 1. The molecule has 1 aromatic carbocycles. The average molecular weight is 253 g/mol. The summed E-state index contributed by atoms with van der Waals surface area (Å²) >= 11 is 0. The molecule has 0 atom stereocenters. The lowest BCUT2D eigenvalue weighted by Crippen LogP contribution is -2.07. The summed E-state index contributed by atoms with van der Waals surface area (Å²) in [5.74, 6) is 0.0822. The van der Waals surface area contributed by atoms with E-state index in [1.807, 2.05) is 6.07 Å². The van der Waals surface area contributed by atoms with Gasteiger partial charge in [0, 0.05) is 12.3 Å². The molecule has 4 nitrogen and oxygen atoms in total. The Kier molecular flexibility index (Phi) is 2.56. The molecule has 0 spiro atoms. The Morgan fingerprint density at radius 3 is 2.84 bits per heavy atom. The first kappa shape index (κ1) is 11.5. The number of hydrogen-bond donors (Lipinski definition) is 1. The van der Waals surface area contributed by atoms with E-state index in [2.05, 4.69) is 4.98 Å². The predicted molar refractivity (Wildman–Crippen MR) is 72.1 cm³/mol. The minimum absolute atomic E-state index is 0.0822. The highest BCUT2D eigenvalue weighted by atomic mass is 16.3. The van der Waals surface area contributed by atoms with Gasteiger partial charge in [-0.15, -0.1) is 0 Å². The third kappa shape index (κ3) is 1.87. The Hall–Kier alpha value is -2.62. The molecule has 3 rings (SSSR count). The fourth-order valence-electron chi connectivity index (χ4n) is 2.13. The summed E-state index contributed by atoms with van der Waals surface area (Å²) in [7, 11) is 0. The molecule has 0 saturated carbocycles. The van der Waals surface area contributed by atoms with E-state index >= 15 is 0 Å². The van der Waals surface area contributed by atoms with E-state index in [4.69, 9.17) is 4.42 Å². The van der Waals surface area contributed by atoms with Gasteiger partial charge >= 0.3 is 0 Å². The van der Waals surface area contributed by atoms with Crippen LogP contribution in [-0.4, -0.2) is 10.1 Å². The van der Waals surface area contributed by atoms with Gasteiger partial charge in [0.1, 0.15) is 17.6 Å². The molecular formula is C15H11NO3. The Morgan fingerprint density at radius 1 is 1.26 bits per heavy atom. The van der Waals surface area contributed by atoms with Crippen molar-refractivity contribution in [3.8, 4) is 17.0 Å². The smallest absolute Gasteiger partial charge is 0.202 e. The molecule has 0 unspecified atom stereocenters. The summed E-state index contributed by atoms with van der Waals surface area (Å²) in [5, 5.41) is 9.99. The summed E-state index contributed by atoms with van der Waals surface area (Å²) in [5.41, 5.74) is 1.91. The van der Waals surface area contributed by atoms with Crippen LogP contribution in [0.15, 0.2) is 52.0 Å². The number of aromatic nitrogens is 1. The monoisotopic (exact) mass is 253 g/mol. The van der Waals surface area contributed by atoms with Crippen LogP contribution in [0, 0.1) is 6.92 Å². The average Bonchev–Trinajstić information content (AvgIpc) is 2.39. The molecule has 0 aliphatic rings. The van der Waals surface area contributed by atoms with Crippen LogP contribution in [0.5, 0.6) is 5.75 Å². The largest absolute Gasteiger partial charge is 0.508 e. The lowest BCUT2D eigenvalue weighted by atomic mass is 10.1. The topological polar surface area (TPSA) is 63.3 Å². The number of benzene rings is 1. The van der Waals surface area contributed by atoms with Crippen LogP contribution in [0.1, 0.15) is 5.56 Å². The molecule has 1 N–H and O–H groups in total. The maximum absolute atomic E-state index is 12.5. The van der Waals surface area contributed by atoms with Gasteiger partial charge in [0.2, 0.25) is 5.43 Å². The van der Waals surface area contributed by atoms with Crippen LogP contribution < -0.4 is 5.43 Å². The lowest BCUT2D eigenvalue weighted by molar-refractivity contribution is 0.473. The number of pyridine rings is 1. The number of rotatable bonds is 1. The lowest BCUT2D eigenvalue weighted by Gasteiger charge is -2.04. The summed E-state index contributed by atoms with van der Waals surface area (Å²) in [6.07, 6.45) is 3.01. The number of phenols is 1. The molecule has 0 bridgehead atoms. The maximum atomic E-state index is 12.5. The van der Waals surface area contributed by atoms with Gasteiger partial charge in [-0.05, 0) is 30.7 Å². The van der Waals surface area contributed by atoms with Crippen molar-refractivity contribution in [2.75, 3.05) is 0 Å². The maximum Gasteiger partial charge on any atom is 0.202 e. The molecular weight excluding hydrogens is 242 g/mol. The predicted octanol–water partition coefficient (Wildman–Crippen LogP) is 2.87. The first-order chi connectivity index (χ1) is 9.16. The first-order valence-electron chi connectivity index (χ1n) is 5.83. The quantitative estimate of drug-likeness (QED) is 0.724. The number of hydrogen-bond acceptors (Lipinski definition) is 4. The number of phenolic OH excluding ortho intramolecular Hbond substituents is 1. The standard InChI is InChI=1S/C15H11NO3/c1-9-6-10(17)7-13-14(9)15(18)11(8-19-13)12-4-2-3-5-16-12/h2-8,17H,1H3. The van der Waals surface area contributed by atoms with Crippen molar-refractivity contribution in [3.63, 3.8) is 0 Å². The van der Waals surface area contributed by atoms with Crippen LogP contribution in [-0.2, 0) is 0 Å². The summed E-state index contributed by atoms with van der Waals surface area (Å²) in [6, 6.07) is 8.34. The Bertz CT molecular complexity index is 807. The van der Waals surface area contributed by atoms with Gasteiger partial charge < -0.3 is 9.52 Å². The van der Waals surface area contributed by atoms with E-state index in [0.717, 1.165) is 0 Å². The molecule has 2 aromatic heterocycles. The second-order valence-corrected chi connectivity index (χ2v) is 4.33. The second-order valence-electron chi connectivity index (χ2n) is 4.33. The van der Waals surface area contributed by atoms with E-state index in [9.17, 15) is 9.90 Å². The number of fused-ring (bicyclic) bond motifs is 1. The van der Waals surface area contributed by atoms with E-state index in [1.165, 1.54) is 12.3 Å². The van der Waals surface area contributed by atoms with Crippen molar-refractivity contribution >= 4 is 11.0 Å². The Morgan fingerprint density at radius 2 is 2.11 bits per heavy atom. The van der Waals surface area contributed by atoms with Crippen LogP contribution in [0.3, 0.4) is 0 Å². The SMILES string of the molecule is Cc1cc(O)cc2occ(-c3ccccn3)c(=O)c12. The van der Waals surface area contributed by atoms with Gasteiger partial charge in [0.25, 0.3) is 0 Å². The van der Waals surface area contributed by atoms with Crippen molar-refractivity contribution < 1.29 is 9.52 Å². The molecule has 0 amide bonds.